The van der Waals surface area contributed by atoms with Crippen molar-refractivity contribution in [3.05, 3.63) is 51.0 Å². The summed E-state index contributed by atoms with van der Waals surface area (Å²) >= 11 is 3.35. The number of ether oxygens (including phenoxy) is 2. The van der Waals surface area contributed by atoms with E-state index in [-0.39, 0.29) is 42.2 Å². The first-order chi connectivity index (χ1) is 20.3. The number of imidazole rings is 1. The molecule has 4 N–H and O–H groups in total. The van der Waals surface area contributed by atoms with Crippen molar-refractivity contribution in [1.82, 2.24) is 24.6 Å². The Morgan fingerprint density at radius 3 is 2.67 bits per heavy atom. The number of halogens is 1. The molecule has 0 amide bonds. The van der Waals surface area contributed by atoms with Crippen LogP contribution in [0, 0.1) is 5.41 Å². The minimum Gasteiger partial charge on any atom is -0.465 e. The lowest BCUT2D eigenvalue weighted by atomic mass is 10.1. The minimum atomic E-state index is -4.21. The maximum absolute atomic E-state index is 14.1. The molecule has 1 aromatic carbocycles. The lowest BCUT2D eigenvalue weighted by molar-refractivity contribution is -0.150. The Hall–Kier alpha value is -3.52. The van der Waals surface area contributed by atoms with Gasteiger partial charge in [0, 0.05) is 17.6 Å². The van der Waals surface area contributed by atoms with Crippen molar-refractivity contribution in [2.45, 2.75) is 59.1 Å². The number of aromatic amines is 1. The minimum absolute atomic E-state index is 0.0724. The smallest absolute Gasteiger partial charge is 0.459 e. The summed E-state index contributed by atoms with van der Waals surface area (Å²) in [6.07, 6.45) is 4.67. The number of nitrogens with zero attached hydrogens (tertiary/aromatic N) is 3. The summed E-state index contributed by atoms with van der Waals surface area (Å²) in [4.78, 5) is 47.3. The van der Waals surface area contributed by atoms with Crippen LogP contribution in [0.2, 0.25) is 0 Å². The van der Waals surface area contributed by atoms with E-state index in [1.807, 2.05) is 6.92 Å². The molecule has 4 atom stereocenters. The number of esters is 2. The van der Waals surface area contributed by atoms with Crippen LogP contribution in [0.5, 0.6) is 5.75 Å². The number of fused-ring (bicyclic) bond motifs is 1. The molecule has 232 valence electrons. The summed E-state index contributed by atoms with van der Waals surface area (Å²) in [5.74, 6) is -0.959. The molecule has 2 heterocycles. The number of aromatic nitrogens is 4. The Balaban J connectivity index is 1.59. The zero-order valence-corrected chi connectivity index (χ0v) is 26.6. The van der Waals surface area contributed by atoms with Crippen LogP contribution >= 0.6 is 23.7 Å². The first-order valence-corrected chi connectivity index (χ1v) is 15.9. The molecule has 0 radical (unpaired) electrons. The molecule has 2 aromatic heterocycles. The van der Waals surface area contributed by atoms with E-state index >= 15 is 0 Å². The fourth-order valence-corrected chi connectivity index (χ4v) is 6.11. The number of nitrogen functional groups attached to an aromatic ring is 1. The topological polar surface area (TPSA) is 190 Å². The van der Waals surface area contributed by atoms with Gasteiger partial charge in [0.15, 0.2) is 11.2 Å². The fraction of sp³-hybridized carbons (Fsp3) is 0.444. The molecule has 0 bridgehead atoms. The van der Waals surface area contributed by atoms with Crippen LogP contribution in [0.1, 0.15) is 47.0 Å². The van der Waals surface area contributed by atoms with Crippen molar-refractivity contribution in [2.24, 2.45) is 5.41 Å². The SMILES string of the molecule is CCCC(C)OC(=O)C(C)N[P@](=O)(OC[C@@]1(COC(C)=O)C/C1=C/n1cnc2c(=O)[nH]c(N)nc21)Oc1ccc(Br)cc1. The van der Waals surface area contributed by atoms with Crippen LogP contribution in [-0.4, -0.2) is 56.8 Å². The van der Waals surface area contributed by atoms with E-state index < -0.39 is 36.7 Å². The predicted molar refractivity (Wildman–Crippen MR) is 162 cm³/mol. The Morgan fingerprint density at radius 2 is 2.00 bits per heavy atom. The van der Waals surface area contributed by atoms with E-state index in [1.54, 1.807) is 37.4 Å². The number of hydrogen-bond acceptors (Lipinski definition) is 11. The largest absolute Gasteiger partial charge is 0.465 e. The maximum Gasteiger partial charge on any atom is 0.459 e. The molecule has 0 saturated heterocycles. The molecule has 3 aromatic rings. The summed E-state index contributed by atoms with van der Waals surface area (Å²) in [7, 11) is -4.21. The van der Waals surface area contributed by atoms with Crippen LogP contribution in [-0.2, 0) is 28.2 Å². The van der Waals surface area contributed by atoms with E-state index in [2.05, 4.69) is 36.0 Å². The molecule has 1 saturated carbocycles. The maximum atomic E-state index is 14.1. The van der Waals surface area contributed by atoms with Crippen LogP contribution in [0.25, 0.3) is 17.4 Å². The monoisotopic (exact) mass is 680 g/mol. The van der Waals surface area contributed by atoms with E-state index in [4.69, 9.17) is 24.3 Å². The number of anilines is 1. The Kier molecular flexibility index (Phi) is 10.1. The number of benzene rings is 1. The summed E-state index contributed by atoms with van der Waals surface area (Å²) in [6, 6.07) is 5.56. The van der Waals surface area contributed by atoms with E-state index in [1.165, 1.54) is 24.7 Å². The molecule has 1 aliphatic rings. The van der Waals surface area contributed by atoms with Gasteiger partial charge in [0.2, 0.25) is 5.95 Å². The van der Waals surface area contributed by atoms with Crippen molar-refractivity contribution >= 4 is 58.9 Å². The first-order valence-electron chi connectivity index (χ1n) is 13.6. The molecule has 1 aliphatic carbocycles. The van der Waals surface area contributed by atoms with Gasteiger partial charge in [-0.15, -0.1) is 0 Å². The van der Waals surface area contributed by atoms with E-state index in [0.717, 1.165) is 16.5 Å². The molecule has 2 unspecified atom stereocenters. The summed E-state index contributed by atoms with van der Waals surface area (Å²) < 4.78 is 38.9. The molecule has 43 heavy (non-hydrogen) atoms. The predicted octanol–water partition coefficient (Wildman–Crippen LogP) is 4.17. The van der Waals surface area contributed by atoms with Gasteiger partial charge in [-0.2, -0.15) is 10.1 Å². The van der Waals surface area contributed by atoms with Crippen molar-refractivity contribution in [3.63, 3.8) is 0 Å². The lowest BCUT2D eigenvalue weighted by Gasteiger charge is -2.25. The third kappa shape index (κ3) is 8.31. The Bertz CT molecular complexity index is 1620. The summed E-state index contributed by atoms with van der Waals surface area (Å²) in [6.45, 7) is 6.26. The van der Waals surface area contributed by atoms with Gasteiger partial charge in [-0.3, -0.25) is 28.5 Å². The second kappa shape index (κ2) is 13.4. The highest BCUT2D eigenvalue weighted by Gasteiger charge is 2.52. The highest BCUT2D eigenvalue weighted by Crippen LogP contribution is 2.56. The van der Waals surface area contributed by atoms with Gasteiger partial charge < -0.3 is 19.7 Å². The average molecular weight is 681 g/mol. The number of rotatable bonds is 14. The van der Waals surface area contributed by atoms with Gasteiger partial charge in [-0.05, 0) is 56.5 Å². The first kappa shape index (κ1) is 32.4. The van der Waals surface area contributed by atoms with Crippen LogP contribution in [0.15, 0.2) is 45.4 Å². The molecular weight excluding hydrogens is 647 g/mol. The quantitative estimate of drug-likeness (QED) is 0.163. The van der Waals surface area contributed by atoms with Gasteiger partial charge in [0.05, 0.1) is 18.1 Å². The van der Waals surface area contributed by atoms with Crippen molar-refractivity contribution in [1.29, 1.82) is 0 Å². The second-order valence-corrected chi connectivity index (χ2v) is 13.0. The Morgan fingerprint density at radius 1 is 1.28 bits per heavy atom. The van der Waals surface area contributed by atoms with Gasteiger partial charge in [-0.25, -0.2) is 9.55 Å². The van der Waals surface area contributed by atoms with Gasteiger partial charge in [0.25, 0.3) is 5.56 Å². The standard InChI is InChI=1S/C27H34BrN6O8P/c1-5-6-16(2)41-25(37)17(3)33-43(38,42-21-9-7-20(28)8-10-21)40-14-27(13-39-18(4)35)11-19(27)12-34-15-30-22-23(34)31-26(29)32-24(22)36/h7-10,12,15-17H,5-6,11,13-14H2,1-4H3,(H,33,38)(H3,29,31,32,36)/b19-12-/t16?,17?,27-,43-/m0/s1. The van der Waals surface area contributed by atoms with E-state index in [9.17, 15) is 18.9 Å². The van der Waals surface area contributed by atoms with Crippen LogP contribution < -0.4 is 20.9 Å². The number of H-pyrrole nitrogens is 1. The highest BCUT2D eigenvalue weighted by atomic mass is 79.9. The Labute approximate surface area is 256 Å². The third-order valence-corrected chi connectivity index (χ3v) is 8.80. The van der Waals surface area contributed by atoms with Crippen LogP contribution in [0.3, 0.4) is 0 Å². The molecule has 16 heteroatoms. The highest BCUT2D eigenvalue weighted by molar-refractivity contribution is 9.10. The summed E-state index contributed by atoms with van der Waals surface area (Å²) in [5.41, 5.74) is 5.41. The molecule has 1 fully saturated rings. The van der Waals surface area contributed by atoms with Crippen LogP contribution in [0.4, 0.5) is 5.95 Å². The molecule has 4 rings (SSSR count). The number of nitrogens with two attached hydrogens (primary N) is 1. The molecule has 0 spiro atoms. The third-order valence-electron chi connectivity index (χ3n) is 6.65. The van der Waals surface area contributed by atoms with Crippen molar-refractivity contribution in [2.75, 3.05) is 18.9 Å². The number of carbonyl (C=O) groups is 2. The zero-order valence-electron chi connectivity index (χ0n) is 24.2. The molecular formula is C27H34BrN6O8P. The number of carbonyl (C=O) groups excluding carboxylic acids is 2. The van der Waals surface area contributed by atoms with Gasteiger partial charge in [0.1, 0.15) is 24.7 Å². The van der Waals surface area contributed by atoms with Crippen molar-refractivity contribution in [3.8, 4) is 5.75 Å². The molecule has 0 aliphatic heterocycles. The fourth-order valence-electron chi connectivity index (χ4n) is 4.27. The molecule has 14 nitrogen and oxygen atoms in total. The van der Waals surface area contributed by atoms with Crippen molar-refractivity contribution < 1.29 is 32.7 Å². The average Bonchev–Trinajstić information content (AvgIpc) is 3.47. The van der Waals surface area contributed by atoms with Gasteiger partial charge >= 0.3 is 19.7 Å². The van der Waals surface area contributed by atoms with E-state index in [0.29, 0.717) is 12.8 Å². The lowest BCUT2D eigenvalue weighted by Crippen LogP contribution is -2.37. The van der Waals surface area contributed by atoms with Gasteiger partial charge in [-0.1, -0.05) is 29.3 Å². The zero-order chi connectivity index (χ0) is 31.4. The normalized spacial score (nSPS) is 19.9. The number of hydrogen-bond donors (Lipinski definition) is 3. The second-order valence-electron chi connectivity index (χ2n) is 10.4. The summed E-state index contributed by atoms with van der Waals surface area (Å²) in [5, 5.41) is 2.69. The number of nitrogens with one attached hydrogen (secondary N) is 2.